The molecule has 2 aromatic rings. The molecular formula is C15H13ClN2O. The summed E-state index contributed by atoms with van der Waals surface area (Å²) >= 11 is 5.97. The number of nitrogens with one attached hydrogen (secondary N) is 2. The molecule has 0 bridgehead atoms. The third-order valence-electron chi connectivity index (χ3n) is 3.11. The molecule has 0 aromatic heterocycles. The van der Waals surface area contributed by atoms with E-state index in [9.17, 15) is 5.11 Å². The number of benzene rings is 2. The van der Waals surface area contributed by atoms with E-state index in [0.717, 1.165) is 16.8 Å². The lowest BCUT2D eigenvalue weighted by atomic mass is 10.0. The van der Waals surface area contributed by atoms with E-state index in [4.69, 9.17) is 11.6 Å². The van der Waals surface area contributed by atoms with Crippen LogP contribution in [-0.2, 0) is 0 Å². The molecule has 1 atom stereocenters. The Hall–Kier alpha value is -1.97. The third kappa shape index (κ3) is 2.43. The van der Waals surface area contributed by atoms with Gasteiger partial charge in [-0.3, -0.25) is 0 Å². The van der Waals surface area contributed by atoms with E-state index < -0.39 is 0 Å². The van der Waals surface area contributed by atoms with Crippen molar-refractivity contribution in [3.05, 3.63) is 70.8 Å². The fourth-order valence-electron chi connectivity index (χ4n) is 2.13. The SMILES string of the molecule is Oc1ccc(Cl)cc1C1C=C(c2ccccc2)NN1. The average molecular weight is 273 g/mol. The van der Waals surface area contributed by atoms with Crippen LogP contribution in [0.15, 0.2) is 54.6 Å². The van der Waals surface area contributed by atoms with Gasteiger partial charge in [-0.15, -0.1) is 0 Å². The molecule has 0 radical (unpaired) electrons. The maximum absolute atomic E-state index is 9.90. The Morgan fingerprint density at radius 3 is 2.63 bits per heavy atom. The Bertz CT molecular complexity index is 625. The van der Waals surface area contributed by atoms with Gasteiger partial charge >= 0.3 is 0 Å². The van der Waals surface area contributed by atoms with Crippen molar-refractivity contribution < 1.29 is 5.11 Å². The summed E-state index contributed by atoms with van der Waals surface area (Å²) in [7, 11) is 0. The zero-order valence-electron chi connectivity index (χ0n) is 10.1. The van der Waals surface area contributed by atoms with Crippen molar-refractivity contribution in [3.63, 3.8) is 0 Å². The molecule has 1 aliphatic rings. The Balaban J connectivity index is 1.93. The number of phenols is 1. The van der Waals surface area contributed by atoms with Crippen LogP contribution in [0.5, 0.6) is 5.75 Å². The van der Waals surface area contributed by atoms with E-state index in [1.54, 1.807) is 18.2 Å². The number of hydrogen-bond donors (Lipinski definition) is 3. The van der Waals surface area contributed by atoms with Crippen LogP contribution in [0, 0.1) is 0 Å². The Kier molecular flexibility index (Phi) is 3.15. The second-order valence-corrected chi connectivity index (χ2v) is 4.83. The standard InChI is InChI=1S/C15H13ClN2O/c16-11-6-7-15(19)12(8-11)14-9-13(17-18-14)10-4-2-1-3-5-10/h1-9,14,17-19H. The minimum absolute atomic E-state index is 0.103. The maximum Gasteiger partial charge on any atom is 0.120 e. The van der Waals surface area contributed by atoms with E-state index in [1.165, 1.54) is 0 Å². The van der Waals surface area contributed by atoms with E-state index in [-0.39, 0.29) is 11.8 Å². The second kappa shape index (κ2) is 4.96. The molecule has 4 heteroatoms. The monoisotopic (exact) mass is 272 g/mol. The molecule has 0 aliphatic carbocycles. The van der Waals surface area contributed by atoms with Gasteiger partial charge in [0.05, 0.1) is 11.7 Å². The predicted octanol–water partition coefficient (Wildman–Crippen LogP) is 3.24. The lowest BCUT2D eigenvalue weighted by Crippen LogP contribution is -2.26. The van der Waals surface area contributed by atoms with Crippen molar-refractivity contribution in [2.75, 3.05) is 0 Å². The third-order valence-corrected chi connectivity index (χ3v) is 3.34. The molecule has 19 heavy (non-hydrogen) atoms. The van der Waals surface area contributed by atoms with Crippen molar-refractivity contribution in [1.29, 1.82) is 0 Å². The van der Waals surface area contributed by atoms with Crippen molar-refractivity contribution in [3.8, 4) is 5.75 Å². The molecule has 0 amide bonds. The first-order valence-corrected chi connectivity index (χ1v) is 6.39. The molecular weight excluding hydrogens is 260 g/mol. The molecule has 0 saturated carbocycles. The lowest BCUT2D eigenvalue weighted by Gasteiger charge is -2.11. The lowest BCUT2D eigenvalue weighted by molar-refractivity contribution is 0.459. The summed E-state index contributed by atoms with van der Waals surface area (Å²) in [4.78, 5) is 0. The first-order chi connectivity index (χ1) is 9.24. The first kappa shape index (κ1) is 12.1. The zero-order valence-corrected chi connectivity index (χ0v) is 10.9. The summed E-state index contributed by atoms with van der Waals surface area (Å²) in [5.74, 6) is 0.231. The minimum Gasteiger partial charge on any atom is -0.508 e. The van der Waals surface area contributed by atoms with Crippen molar-refractivity contribution >= 4 is 17.3 Å². The van der Waals surface area contributed by atoms with Crippen LogP contribution >= 0.6 is 11.6 Å². The summed E-state index contributed by atoms with van der Waals surface area (Å²) in [5.41, 5.74) is 9.10. The topological polar surface area (TPSA) is 44.3 Å². The highest BCUT2D eigenvalue weighted by molar-refractivity contribution is 6.30. The molecule has 0 fully saturated rings. The van der Waals surface area contributed by atoms with Gasteiger partial charge in [0.25, 0.3) is 0 Å². The van der Waals surface area contributed by atoms with Crippen LogP contribution in [0.4, 0.5) is 0 Å². The largest absolute Gasteiger partial charge is 0.508 e. The molecule has 1 unspecified atom stereocenters. The van der Waals surface area contributed by atoms with Gasteiger partial charge in [0.2, 0.25) is 0 Å². The Morgan fingerprint density at radius 2 is 1.84 bits per heavy atom. The number of rotatable bonds is 2. The molecule has 1 heterocycles. The quantitative estimate of drug-likeness (QED) is 0.786. The summed E-state index contributed by atoms with van der Waals surface area (Å²) < 4.78 is 0. The first-order valence-electron chi connectivity index (χ1n) is 6.01. The van der Waals surface area contributed by atoms with Crippen molar-refractivity contribution in [2.45, 2.75) is 6.04 Å². The molecule has 3 rings (SSSR count). The molecule has 0 spiro atoms. The normalized spacial score (nSPS) is 17.9. The van der Waals surface area contributed by atoms with Gasteiger partial charge in [0.15, 0.2) is 0 Å². The van der Waals surface area contributed by atoms with Gasteiger partial charge in [0.1, 0.15) is 5.75 Å². The zero-order chi connectivity index (χ0) is 13.2. The van der Waals surface area contributed by atoms with Gasteiger partial charge in [-0.05, 0) is 29.8 Å². The molecule has 1 aliphatic heterocycles. The van der Waals surface area contributed by atoms with Crippen LogP contribution < -0.4 is 10.9 Å². The average Bonchev–Trinajstić information content (AvgIpc) is 2.92. The van der Waals surface area contributed by atoms with Crippen LogP contribution in [0.25, 0.3) is 5.70 Å². The van der Waals surface area contributed by atoms with E-state index in [1.807, 2.05) is 36.4 Å². The highest BCUT2D eigenvalue weighted by Gasteiger charge is 2.20. The van der Waals surface area contributed by atoms with Crippen LogP contribution in [0.3, 0.4) is 0 Å². The van der Waals surface area contributed by atoms with Gasteiger partial charge in [-0.25, -0.2) is 5.43 Å². The van der Waals surface area contributed by atoms with Gasteiger partial charge in [0, 0.05) is 10.6 Å². The second-order valence-electron chi connectivity index (χ2n) is 4.40. The predicted molar refractivity (Wildman–Crippen MR) is 76.5 cm³/mol. The fraction of sp³-hybridized carbons (Fsp3) is 0.0667. The smallest absolute Gasteiger partial charge is 0.120 e. The summed E-state index contributed by atoms with van der Waals surface area (Å²) in [6, 6.07) is 14.9. The van der Waals surface area contributed by atoms with E-state index >= 15 is 0 Å². The number of halogens is 1. The molecule has 2 aromatic carbocycles. The maximum atomic E-state index is 9.90. The van der Waals surface area contributed by atoms with E-state index in [0.29, 0.717) is 5.02 Å². The van der Waals surface area contributed by atoms with Crippen LogP contribution in [0.2, 0.25) is 5.02 Å². The Labute approximate surface area is 116 Å². The number of hydrogen-bond acceptors (Lipinski definition) is 3. The van der Waals surface area contributed by atoms with Crippen LogP contribution in [0.1, 0.15) is 17.2 Å². The molecule has 0 saturated heterocycles. The summed E-state index contributed by atoms with van der Waals surface area (Å²) in [6.07, 6.45) is 2.03. The number of hydrazine groups is 1. The van der Waals surface area contributed by atoms with Crippen molar-refractivity contribution in [1.82, 2.24) is 10.9 Å². The number of phenolic OH excluding ortho intramolecular Hbond substituents is 1. The molecule has 3 N–H and O–H groups in total. The fourth-order valence-corrected chi connectivity index (χ4v) is 2.31. The number of aromatic hydroxyl groups is 1. The van der Waals surface area contributed by atoms with Crippen molar-refractivity contribution in [2.24, 2.45) is 0 Å². The van der Waals surface area contributed by atoms with Gasteiger partial charge in [-0.1, -0.05) is 41.9 Å². The minimum atomic E-state index is -0.103. The van der Waals surface area contributed by atoms with Gasteiger partial charge in [-0.2, -0.15) is 0 Å². The highest BCUT2D eigenvalue weighted by Crippen LogP contribution is 2.31. The Morgan fingerprint density at radius 1 is 1.05 bits per heavy atom. The molecule has 96 valence electrons. The van der Waals surface area contributed by atoms with Gasteiger partial charge < -0.3 is 10.5 Å². The van der Waals surface area contributed by atoms with Crippen LogP contribution in [-0.4, -0.2) is 5.11 Å². The highest BCUT2D eigenvalue weighted by atomic mass is 35.5. The van der Waals surface area contributed by atoms with E-state index in [2.05, 4.69) is 10.9 Å². The molecule has 3 nitrogen and oxygen atoms in total. The summed E-state index contributed by atoms with van der Waals surface area (Å²) in [5, 5.41) is 10.5. The summed E-state index contributed by atoms with van der Waals surface area (Å²) in [6.45, 7) is 0.